The van der Waals surface area contributed by atoms with Crippen LogP contribution in [0.25, 0.3) is 0 Å². The van der Waals surface area contributed by atoms with E-state index in [0.717, 1.165) is 6.08 Å². The van der Waals surface area contributed by atoms with Crippen LogP contribution in [0, 0.1) is 5.92 Å². The van der Waals surface area contributed by atoms with Gasteiger partial charge in [-0.1, -0.05) is 13.8 Å². The molecule has 0 bridgehead atoms. The average molecular weight is 341 g/mol. The molecule has 1 aliphatic heterocycles. The van der Waals surface area contributed by atoms with Crippen LogP contribution in [0.2, 0.25) is 0 Å². The predicted molar refractivity (Wildman–Crippen MR) is 69.8 cm³/mol. The average Bonchev–Trinajstić information content (AvgIpc) is 2.46. The molecular formula is C13H20NNaO8. The van der Waals surface area contributed by atoms with Crippen molar-refractivity contribution in [2.45, 2.75) is 44.3 Å². The zero-order valence-electron chi connectivity index (χ0n) is 13.2. The second kappa shape index (κ2) is 9.58. The number of aliphatic hydroxyl groups is 4. The summed E-state index contributed by atoms with van der Waals surface area (Å²) in [6.07, 6.45) is -5.50. The third-order valence-electron chi connectivity index (χ3n) is 3.26. The predicted octanol–water partition coefficient (Wildman–Crippen LogP) is -6.76. The fourth-order valence-corrected chi connectivity index (χ4v) is 1.94. The summed E-state index contributed by atoms with van der Waals surface area (Å²) in [6.45, 7) is 2.38. The molecular weight excluding hydrogens is 321 g/mol. The summed E-state index contributed by atoms with van der Waals surface area (Å²) in [5.41, 5.74) is 0. The Bertz CT molecular complexity index is 455. The van der Waals surface area contributed by atoms with Crippen LogP contribution >= 0.6 is 0 Å². The smallest absolute Gasteiger partial charge is 0.542 e. The van der Waals surface area contributed by atoms with Gasteiger partial charge in [0.05, 0.1) is 18.8 Å². The second-order valence-corrected chi connectivity index (χ2v) is 5.32. The Morgan fingerprint density at radius 2 is 1.96 bits per heavy atom. The number of carboxylic acids is 1. The molecule has 10 heteroatoms. The Morgan fingerprint density at radius 3 is 2.39 bits per heavy atom. The van der Waals surface area contributed by atoms with Gasteiger partial charge in [-0.05, 0) is 6.08 Å². The number of hydrogen-bond acceptors (Lipinski definition) is 8. The third-order valence-corrected chi connectivity index (χ3v) is 3.26. The topological polar surface area (TPSA) is 159 Å². The van der Waals surface area contributed by atoms with Gasteiger partial charge in [0, 0.05) is 5.92 Å². The number of nitrogens with one attached hydrogen (secondary N) is 1. The van der Waals surface area contributed by atoms with Crippen LogP contribution in [0.15, 0.2) is 11.8 Å². The van der Waals surface area contributed by atoms with Crippen molar-refractivity contribution in [1.29, 1.82) is 0 Å². The molecule has 0 aromatic heterocycles. The Morgan fingerprint density at radius 1 is 1.39 bits per heavy atom. The largest absolute Gasteiger partial charge is 1.00 e. The van der Waals surface area contributed by atoms with E-state index in [1.54, 1.807) is 13.8 Å². The first-order valence-corrected chi connectivity index (χ1v) is 6.74. The number of aliphatic carboxylic acids is 1. The van der Waals surface area contributed by atoms with Crippen LogP contribution in [-0.2, 0) is 14.3 Å². The first kappa shape index (κ1) is 22.3. The second-order valence-electron chi connectivity index (χ2n) is 5.32. The number of hydrogen-bond donors (Lipinski definition) is 5. The fraction of sp³-hybridized carbons (Fsp3) is 0.692. The molecule has 0 aliphatic carbocycles. The van der Waals surface area contributed by atoms with E-state index < -0.39 is 60.6 Å². The van der Waals surface area contributed by atoms with E-state index in [9.17, 15) is 30.0 Å². The van der Waals surface area contributed by atoms with Gasteiger partial charge in [0.2, 0.25) is 5.91 Å². The van der Waals surface area contributed by atoms with Crippen molar-refractivity contribution in [2.75, 3.05) is 6.61 Å². The van der Waals surface area contributed by atoms with Gasteiger partial charge >= 0.3 is 29.6 Å². The molecule has 0 spiro atoms. The molecule has 1 rings (SSSR count). The molecule has 0 saturated carbocycles. The van der Waals surface area contributed by atoms with Gasteiger partial charge in [-0.25, -0.2) is 0 Å². The van der Waals surface area contributed by atoms with Crippen LogP contribution < -0.4 is 40.0 Å². The Kier molecular flexibility index (Phi) is 9.29. The summed E-state index contributed by atoms with van der Waals surface area (Å²) in [5.74, 6) is -3.34. The van der Waals surface area contributed by atoms with Crippen LogP contribution in [0.5, 0.6) is 0 Å². The van der Waals surface area contributed by atoms with E-state index in [4.69, 9.17) is 9.84 Å². The normalized spacial score (nSPS) is 26.4. The fourth-order valence-electron chi connectivity index (χ4n) is 1.94. The van der Waals surface area contributed by atoms with Gasteiger partial charge < -0.3 is 40.4 Å². The number of ether oxygens (including phenoxy) is 1. The SMILES string of the molecule is CC(C)C(=O)N[C@H]1[C@H]([C@H](O)[C@H](O)CO)OC(C(=O)[O-])=C[C@@H]1O.[Na+]. The van der Waals surface area contributed by atoms with Gasteiger partial charge in [-0.3, -0.25) is 4.79 Å². The number of carbonyl (C=O) groups is 2. The molecule has 0 aromatic carbocycles. The summed E-state index contributed by atoms with van der Waals surface area (Å²) < 4.78 is 5.00. The Labute approximate surface area is 155 Å². The number of amides is 1. The Balaban J connectivity index is 0.00000484. The zero-order chi connectivity index (χ0) is 17.0. The summed E-state index contributed by atoms with van der Waals surface area (Å²) in [7, 11) is 0. The van der Waals surface area contributed by atoms with E-state index in [0.29, 0.717) is 0 Å². The molecule has 0 unspecified atom stereocenters. The van der Waals surface area contributed by atoms with Crippen molar-refractivity contribution >= 4 is 11.9 Å². The number of carbonyl (C=O) groups excluding carboxylic acids is 2. The van der Waals surface area contributed by atoms with E-state index >= 15 is 0 Å². The van der Waals surface area contributed by atoms with Gasteiger partial charge in [0.1, 0.15) is 23.9 Å². The summed E-state index contributed by atoms with van der Waals surface area (Å²) >= 11 is 0. The van der Waals surface area contributed by atoms with Crippen LogP contribution in [0.4, 0.5) is 0 Å². The van der Waals surface area contributed by atoms with Gasteiger partial charge in [0.15, 0.2) is 6.10 Å². The minimum absolute atomic E-state index is 0. The standard InChI is InChI=1S/C13H21NO8.Na/c1-5(2)12(19)14-9-6(16)3-8(13(20)21)22-11(9)10(18)7(17)4-15;/h3,5-7,9-11,15-18H,4H2,1-2H3,(H,14,19)(H,20,21);/q;+1/p-1/t6-,7+,9+,10+,11+;/m0./s1. The van der Waals surface area contributed by atoms with Crippen LogP contribution in [0.3, 0.4) is 0 Å². The molecule has 126 valence electrons. The minimum Gasteiger partial charge on any atom is -0.542 e. The first-order chi connectivity index (χ1) is 10.2. The van der Waals surface area contributed by atoms with E-state index in [1.807, 2.05) is 0 Å². The third kappa shape index (κ3) is 5.71. The molecule has 23 heavy (non-hydrogen) atoms. The van der Waals surface area contributed by atoms with Crippen LogP contribution in [0.1, 0.15) is 13.8 Å². The van der Waals surface area contributed by atoms with Crippen molar-refractivity contribution in [1.82, 2.24) is 5.32 Å². The van der Waals surface area contributed by atoms with Gasteiger partial charge in [-0.15, -0.1) is 0 Å². The molecule has 0 fully saturated rings. The number of rotatable bonds is 6. The molecule has 0 radical (unpaired) electrons. The van der Waals surface area contributed by atoms with Gasteiger partial charge in [0.25, 0.3) is 0 Å². The maximum Gasteiger partial charge on any atom is 1.00 e. The molecule has 0 aromatic rings. The summed E-state index contributed by atoms with van der Waals surface area (Å²) in [4.78, 5) is 22.6. The van der Waals surface area contributed by atoms with Crippen LogP contribution in [-0.4, -0.2) is 69.4 Å². The molecule has 1 amide bonds. The van der Waals surface area contributed by atoms with Crippen molar-refractivity contribution in [3.05, 3.63) is 11.8 Å². The molecule has 5 atom stereocenters. The molecule has 0 saturated heterocycles. The maximum absolute atomic E-state index is 11.8. The quantitative estimate of drug-likeness (QED) is 0.298. The first-order valence-electron chi connectivity index (χ1n) is 6.74. The zero-order valence-corrected chi connectivity index (χ0v) is 15.2. The van der Waals surface area contributed by atoms with E-state index in [2.05, 4.69) is 5.32 Å². The van der Waals surface area contributed by atoms with E-state index in [1.165, 1.54) is 0 Å². The van der Waals surface area contributed by atoms with Crippen molar-refractivity contribution in [3.8, 4) is 0 Å². The minimum atomic E-state index is -1.74. The Hall–Kier alpha value is -0.680. The molecule has 1 heterocycles. The van der Waals surface area contributed by atoms with Crippen molar-refractivity contribution in [3.63, 3.8) is 0 Å². The van der Waals surface area contributed by atoms with E-state index in [-0.39, 0.29) is 29.6 Å². The van der Waals surface area contributed by atoms with Gasteiger partial charge in [-0.2, -0.15) is 0 Å². The number of carboxylic acid groups (broad SMARTS) is 1. The maximum atomic E-state index is 11.8. The van der Waals surface area contributed by atoms with Crippen molar-refractivity contribution < 1.29 is 69.4 Å². The monoisotopic (exact) mass is 341 g/mol. The molecule has 9 nitrogen and oxygen atoms in total. The summed E-state index contributed by atoms with van der Waals surface area (Å²) in [5, 5.41) is 51.5. The summed E-state index contributed by atoms with van der Waals surface area (Å²) in [6, 6.07) is -1.20. The molecule has 1 aliphatic rings. The number of aliphatic hydroxyl groups excluding tert-OH is 4. The van der Waals surface area contributed by atoms with Crippen molar-refractivity contribution in [2.24, 2.45) is 5.92 Å². The molecule has 5 N–H and O–H groups in total.